The Kier molecular flexibility index (Phi) is 2.93. The van der Waals surface area contributed by atoms with Crippen LogP contribution in [0.3, 0.4) is 0 Å². The molecule has 1 N–H and O–H groups in total. The van der Waals surface area contributed by atoms with Crippen LogP contribution in [-0.2, 0) is 0 Å². The summed E-state index contributed by atoms with van der Waals surface area (Å²) in [6, 6.07) is 5.06. The van der Waals surface area contributed by atoms with Crippen molar-refractivity contribution in [1.29, 1.82) is 0 Å². The highest BCUT2D eigenvalue weighted by atomic mass is 19.2. The van der Waals surface area contributed by atoms with Gasteiger partial charge in [0.25, 0.3) is 5.56 Å². The van der Waals surface area contributed by atoms with Crippen LogP contribution in [0.4, 0.5) is 8.78 Å². The van der Waals surface area contributed by atoms with Gasteiger partial charge in [0.1, 0.15) is 0 Å². The van der Waals surface area contributed by atoms with Crippen molar-refractivity contribution < 1.29 is 18.7 Å². The summed E-state index contributed by atoms with van der Waals surface area (Å²) in [6.45, 7) is 0. The zero-order valence-corrected chi connectivity index (χ0v) is 8.93. The topological polar surface area (TPSA) is 59.3 Å². The second-order valence-corrected chi connectivity index (χ2v) is 3.53. The van der Waals surface area contributed by atoms with Crippen LogP contribution in [0.15, 0.2) is 41.3 Å². The first-order chi connectivity index (χ1) is 8.49. The predicted molar refractivity (Wildman–Crippen MR) is 58.9 cm³/mol. The smallest absolute Gasteiger partial charge is 0.337 e. The Morgan fingerprint density at radius 1 is 1.11 bits per heavy atom. The Hall–Kier alpha value is -2.50. The molecule has 0 saturated carbocycles. The Labute approximate surface area is 99.7 Å². The summed E-state index contributed by atoms with van der Waals surface area (Å²) >= 11 is 0. The van der Waals surface area contributed by atoms with Crippen molar-refractivity contribution in [1.82, 2.24) is 4.57 Å². The molecule has 1 aromatic carbocycles. The van der Waals surface area contributed by atoms with E-state index in [-0.39, 0.29) is 11.3 Å². The maximum Gasteiger partial charge on any atom is 0.337 e. The lowest BCUT2D eigenvalue weighted by Gasteiger charge is -2.06. The lowest BCUT2D eigenvalue weighted by molar-refractivity contribution is 0.0696. The first-order valence-corrected chi connectivity index (χ1v) is 4.90. The maximum atomic E-state index is 13.0. The van der Waals surface area contributed by atoms with Crippen LogP contribution in [0.25, 0.3) is 5.69 Å². The summed E-state index contributed by atoms with van der Waals surface area (Å²) in [5.74, 6) is -3.37. The van der Waals surface area contributed by atoms with E-state index in [1.165, 1.54) is 6.07 Å². The van der Waals surface area contributed by atoms with E-state index in [4.69, 9.17) is 5.11 Å². The van der Waals surface area contributed by atoms with Crippen LogP contribution in [0, 0.1) is 11.6 Å². The van der Waals surface area contributed by atoms with E-state index >= 15 is 0 Å². The molecule has 0 amide bonds. The lowest BCUT2D eigenvalue weighted by Crippen LogP contribution is -2.18. The molecule has 4 nitrogen and oxygen atoms in total. The summed E-state index contributed by atoms with van der Waals surface area (Å²) in [7, 11) is 0. The number of halogens is 2. The molecule has 18 heavy (non-hydrogen) atoms. The number of hydrogen-bond donors (Lipinski definition) is 1. The SMILES string of the molecule is O=C(O)c1ccc(=O)n(-c2ccc(F)c(F)c2)c1. The van der Waals surface area contributed by atoms with Crippen molar-refractivity contribution in [2.75, 3.05) is 0 Å². The molecular formula is C12H7F2NO3. The Morgan fingerprint density at radius 3 is 2.44 bits per heavy atom. The van der Waals surface area contributed by atoms with Crippen LogP contribution in [0.5, 0.6) is 0 Å². The highest BCUT2D eigenvalue weighted by Crippen LogP contribution is 2.12. The average Bonchev–Trinajstić information content (AvgIpc) is 2.33. The predicted octanol–water partition coefficient (Wildman–Crippen LogP) is 1.81. The van der Waals surface area contributed by atoms with E-state index in [1.54, 1.807) is 0 Å². The minimum Gasteiger partial charge on any atom is -0.478 e. The van der Waals surface area contributed by atoms with E-state index in [1.807, 2.05) is 0 Å². The van der Waals surface area contributed by atoms with Gasteiger partial charge in [-0.1, -0.05) is 0 Å². The molecule has 0 bridgehead atoms. The number of carbonyl (C=O) groups is 1. The number of carboxylic acid groups (broad SMARTS) is 1. The lowest BCUT2D eigenvalue weighted by atomic mass is 10.2. The van der Waals surface area contributed by atoms with E-state index in [9.17, 15) is 18.4 Å². The summed E-state index contributed by atoms with van der Waals surface area (Å²) < 4.78 is 26.8. The molecule has 0 fully saturated rings. The Morgan fingerprint density at radius 2 is 1.83 bits per heavy atom. The highest BCUT2D eigenvalue weighted by molar-refractivity contribution is 5.87. The normalized spacial score (nSPS) is 10.3. The summed E-state index contributed by atoms with van der Waals surface area (Å²) in [5, 5.41) is 8.80. The van der Waals surface area contributed by atoms with Gasteiger partial charge in [-0.3, -0.25) is 9.36 Å². The van der Waals surface area contributed by atoms with Crippen LogP contribution in [0.1, 0.15) is 10.4 Å². The van der Waals surface area contributed by atoms with Crippen molar-refractivity contribution in [3.63, 3.8) is 0 Å². The molecule has 0 radical (unpaired) electrons. The molecule has 0 aliphatic carbocycles. The van der Waals surface area contributed by atoms with Gasteiger partial charge in [0.05, 0.1) is 11.3 Å². The van der Waals surface area contributed by atoms with Gasteiger partial charge in [-0.15, -0.1) is 0 Å². The highest BCUT2D eigenvalue weighted by Gasteiger charge is 2.09. The molecule has 0 aliphatic rings. The van der Waals surface area contributed by atoms with Crippen molar-refractivity contribution >= 4 is 5.97 Å². The first kappa shape index (κ1) is 12.0. The van der Waals surface area contributed by atoms with Crippen LogP contribution < -0.4 is 5.56 Å². The van der Waals surface area contributed by atoms with E-state index in [0.717, 1.165) is 35.0 Å². The van der Waals surface area contributed by atoms with Crippen molar-refractivity contribution in [2.24, 2.45) is 0 Å². The monoisotopic (exact) mass is 251 g/mol. The third kappa shape index (κ3) is 2.13. The van der Waals surface area contributed by atoms with Crippen molar-refractivity contribution in [3.05, 3.63) is 64.1 Å². The Balaban J connectivity index is 2.62. The molecule has 0 saturated heterocycles. The quantitative estimate of drug-likeness (QED) is 0.885. The maximum absolute atomic E-state index is 13.0. The van der Waals surface area contributed by atoms with Crippen molar-refractivity contribution in [3.8, 4) is 5.69 Å². The number of carboxylic acids is 1. The molecule has 0 unspecified atom stereocenters. The fourth-order valence-electron chi connectivity index (χ4n) is 1.45. The van der Waals surface area contributed by atoms with Gasteiger partial charge in [-0.2, -0.15) is 0 Å². The number of benzene rings is 1. The van der Waals surface area contributed by atoms with Gasteiger partial charge in [-0.25, -0.2) is 13.6 Å². The minimum atomic E-state index is -1.22. The number of rotatable bonds is 2. The molecule has 1 aromatic heterocycles. The second kappa shape index (κ2) is 4.40. The molecule has 0 atom stereocenters. The molecule has 1 heterocycles. The minimum absolute atomic E-state index is 0.0574. The van der Waals surface area contributed by atoms with Crippen molar-refractivity contribution in [2.45, 2.75) is 0 Å². The van der Waals surface area contributed by atoms with Gasteiger partial charge in [0, 0.05) is 18.3 Å². The number of nitrogens with zero attached hydrogens (tertiary/aromatic N) is 1. The third-order valence-corrected chi connectivity index (χ3v) is 2.34. The number of aromatic carboxylic acids is 1. The zero-order valence-electron chi connectivity index (χ0n) is 8.93. The molecule has 92 valence electrons. The van der Waals surface area contributed by atoms with Gasteiger partial charge in [0.15, 0.2) is 11.6 Å². The fraction of sp³-hybridized carbons (Fsp3) is 0. The first-order valence-electron chi connectivity index (χ1n) is 4.90. The third-order valence-electron chi connectivity index (χ3n) is 2.34. The molecule has 2 rings (SSSR count). The zero-order chi connectivity index (χ0) is 13.3. The van der Waals surface area contributed by atoms with Crippen LogP contribution in [-0.4, -0.2) is 15.6 Å². The number of pyridine rings is 1. The van der Waals surface area contributed by atoms with Gasteiger partial charge >= 0.3 is 5.97 Å². The van der Waals surface area contributed by atoms with E-state index in [0.29, 0.717) is 0 Å². The number of hydrogen-bond acceptors (Lipinski definition) is 2. The molecule has 2 aromatic rings. The van der Waals surface area contributed by atoms with Gasteiger partial charge in [0.2, 0.25) is 0 Å². The fourth-order valence-corrected chi connectivity index (χ4v) is 1.45. The molecular weight excluding hydrogens is 244 g/mol. The summed E-state index contributed by atoms with van der Waals surface area (Å²) in [5.41, 5.74) is -0.604. The molecule has 6 heteroatoms. The number of aromatic nitrogens is 1. The van der Waals surface area contributed by atoms with E-state index in [2.05, 4.69) is 0 Å². The van der Waals surface area contributed by atoms with Gasteiger partial charge in [-0.05, 0) is 18.2 Å². The summed E-state index contributed by atoms with van der Waals surface area (Å²) in [4.78, 5) is 22.3. The average molecular weight is 251 g/mol. The van der Waals surface area contributed by atoms with Gasteiger partial charge < -0.3 is 5.11 Å². The van der Waals surface area contributed by atoms with Crippen LogP contribution in [0.2, 0.25) is 0 Å². The summed E-state index contributed by atoms with van der Waals surface area (Å²) in [6.07, 6.45) is 1.05. The second-order valence-electron chi connectivity index (χ2n) is 3.53. The Bertz CT molecular complexity index is 679. The standard InChI is InChI=1S/C12H7F2NO3/c13-9-3-2-8(5-10(9)14)15-6-7(12(17)18)1-4-11(15)16/h1-6H,(H,17,18). The molecule has 0 aliphatic heterocycles. The van der Waals surface area contributed by atoms with E-state index < -0.39 is 23.2 Å². The molecule has 0 spiro atoms. The van der Waals surface area contributed by atoms with Crippen LogP contribution >= 0.6 is 0 Å². The largest absolute Gasteiger partial charge is 0.478 e.